The average Bonchev–Trinajstić information content (AvgIpc) is 2.64. The summed E-state index contributed by atoms with van der Waals surface area (Å²) >= 11 is 1.46. The minimum Gasteiger partial charge on any atom is -0.486 e. The zero-order chi connectivity index (χ0) is 12.7. The molecule has 3 heterocycles. The molecule has 0 radical (unpaired) electrons. The normalized spacial score (nSPS) is 23.1. The summed E-state index contributed by atoms with van der Waals surface area (Å²) < 4.78 is 5.34. The van der Waals surface area contributed by atoms with E-state index in [1.165, 1.54) is 16.7 Å². The fraction of sp³-hybridized carbons (Fsp3) is 0.333. The first-order chi connectivity index (χ1) is 8.68. The van der Waals surface area contributed by atoms with Crippen LogP contribution in [0.1, 0.15) is 5.56 Å². The van der Waals surface area contributed by atoms with Crippen LogP contribution in [0.2, 0.25) is 0 Å². The number of anilines is 1. The Bertz CT molecular complexity index is 527. The lowest BCUT2D eigenvalue weighted by atomic mass is 10.3. The molecule has 2 aliphatic rings. The van der Waals surface area contributed by atoms with Crippen molar-refractivity contribution in [2.75, 3.05) is 17.3 Å². The monoisotopic (exact) mass is 264 g/mol. The smallest absolute Gasteiger partial charge is 0.297 e. The van der Waals surface area contributed by atoms with Crippen molar-refractivity contribution in [1.29, 1.82) is 0 Å². The van der Waals surface area contributed by atoms with Crippen molar-refractivity contribution in [2.24, 2.45) is 0 Å². The van der Waals surface area contributed by atoms with Gasteiger partial charge in [-0.1, -0.05) is 6.07 Å². The van der Waals surface area contributed by atoms with E-state index in [2.05, 4.69) is 4.98 Å². The molecular formula is C12H12N2O3S. The number of rotatable bonds is 1. The van der Waals surface area contributed by atoms with Crippen molar-refractivity contribution >= 4 is 23.5 Å². The second-order valence-electron chi connectivity index (χ2n) is 4.13. The molecule has 1 N–H and O–H groups in total. The summed E-state index contributed by atoms with van der Waals surface area (Å²) in [7, 11) is 0. The van der Waals surface area contributed by atoms with E-state index in [4.69, 9.17) is 4.74 Å². The number of aliphatic hydroxyl groups excluding tert-OH is 1. The van der Waals surface area contributed by atoms with Crippen molar-refractivity contribution in [1.82, 2.24) is 4.98 Å². The predicted octanol–water partition coefficient (Wildman–Crippen LogP) is 1.03. The molecule has 5 nitrogen and oxygen atoms in total. The number of ether oxygens (including phenoxy) is 1. The van der Waals surface area contributed by atoms with Gasteiger partial charge in [-0.15, -0.1) is 11.8 Å². The first kappa shape index (κ1) is 11.6. The highest BCUT2D eigenvalue weighted by Crippen LogP contribution is 2.38. The molecular weight excluding hydrogens is 252 g/mol. The fourth-order valence-corrected chi connectivity index (χ4v) is 2.88. The predicted molar refractivity (Wildman–Crippen MR) is 67.9 cm³/mol. The van der Waals surface area contributed by atoms with E-state index in [1.54, 1.807) is 12.3 Å². The van der Waals surface area contributed by atoms with Crippen LogP contribution in [-0.2, 0) is 9.53 Å². The first-order valence-corrected chi connectivity index (χ1v) is 6.61. The SMILES string of the molecule is Cc1ccc(N2C(=O)C3=C(SCCO3)C2O)nc1. The second-order valence-corrected chi connectivity index (χ2v) is 5.27. The van der Waals surface area contributed by atoms with Gasteiger partial charge in [0, 0.05) is 11.9 Å². The van der Waals surface area contributed by atoms with Crippen molar-refractivity contribution < 1.29 is 14.6 Å². The molecule has 1 aromatic rings. The van der Waals surface area contributed by atoms with Gasteiger partial charge in [0.05, 0.1) is 11.5 Å². The van der Waals surface area contributed by atoms with Crippen LogP contribution in [0.15, 0.2) is 29.0 Å². The Hall–Kier alpha value is -1.53. The summed E-state index contributed by atoms with van der Waals surface area (Å²) in [6.45, 7) is 2.42. The summed E-state index contributed by atoms with van der Waals surface area (Å²) in [4.78, 5) is 18.2. The maximum Gasteiger partial charge on any atom is 0.297 e. The molecule has 2 aliphatic heterocycles. The highest BCUT2D eigenvalue weighted by Gasteiger charge is 2.42. The molecule has 0 saturated heterocycles. The number of carbonyl (C=O) groups is 1. The third kappa shape index (κ3) is 1.69. The topological polar surface area (TPSA) is 62.7 Å². The van der Waals surface area contributed by atoms with E-state index in [0.717, 1.165) is 11.3 Å². The molecule has 18 heavy (non-hydrogen) atoms. The number of hydrogen-bond donors (Lipinski definition) is 1. The maximum absolute atomic E-state index is 12.2. The van der Waals surface area contributed by atoms with Gasteiger partial charge in [-0.05, 0) is 18.6 Å². The minimum absolute atomic E-state index is 0.265. The first-order valence-electron chi connectivity index (χ1n) is 5.62. The largest absolute Gasteiger partial charge is 0.486 e. The fourth-order valence-electron chi connectivity index (χ4n) is 1.96. The summed E-state index contributed by atoms with van der Waals surface area (Å²) in [5.74, 6) is 1.14. The highest BCUT2D eigenvalue weighted by atomic mass is 32.2. The molecule has 1 unspecified atom stereocenters. The lowest BCUT2D eigenvalue weighted by molar-refractivity contribution is -0.118. The number of thioether (sulfide) groups is 1. The zero-order valence-corrected chi connectivity index (χ0v) is 10.6. The van der Waals surface area contributed by atoms with Gasteiger partial charge in [-0.25, -0.2) is 4.98 Å². The molecule has 94 valence electrons. The quantitative estimate of drug-likeness (QED) is 0.821. The van der Waals surface area contributed by atoms with Gasteiger partial charge in [0.15, 0.2) is 12.0 Å². The van der Waals surface area contributed by atoms with Gasteiger partial charge in [0.1, 0.15) is 5.82 Å². The lowest BCUT2D eigenvalue weighted by Gasteiger charge is -2.20. The average molecular weight is 264 g/mol. The molecule has 0 bridgehead atoms. The van der Waals surface area contributed by atoms with Crippen LogP contribution in [0.5, 0.6) is 0 Å². The molecule has 1 aromatic heterocycles. The van der Waals surface area contributed by atoms with Crippen molar-refractivity contribution in [3.63, 3.8) is 0 Å². The van der Waals surface area contributed by atoms with E-state index in [1.807, 2.05) is 13.0 Å². The zero-order valence-electron chi connectivity index (χ0n) is 9.79. The molecule has 0 spiro atoms. The third-order valence-corrected chi connectivity index (χ3v) is 3.92. The lowest BCUT2D eigenvalue weighted by Crippen LogP contribution is -2.35. The van der Waals surface area contributed by atoms with E-state index in [9.17, 15) is 9.90 Å². The van der Waals surface area contributed by atoms with Crippen LogP contribution in [0.3, 0.4) is 0 Å². The van der Waals surface area contributed by atoms with Gasteiger partial charge in [0.25, 0.3) is 5.91 Å². The molecule has 0 fully saturated rings. The standard InChI is InChI=1S/C12H12N2O3S/c1-7-2-3-8(13-6-7)14-11(15)9-10(12(14)16)18-5-4-17-9/h2-3,6,12,16H,4-5H2,1H3. The van der Waals surface area contributed by atoms with Crippen LogP contribution in [0.25, 0.3) is 0 Å². The molecule has 1 atom stereocenters. The van der Waals surface area contributed by atoms with Crippen LogP contribution < -0.4 is 4.90 Å². The minimum atomic E-state index is -0.979. The number of nitrogens with zero attached hydrogens (tertiary/aromatic N) is 2. The van der Waals surface area contributed by atoms with Crippen molar-refractivity contribution in [3.8, 4) is 0 Å². The molecule has 3 rings (SSSR count). The Morgan fingerprint density at radius 3 is 3.06 bits per heavy atom. The highest BCUT2D eigenvalue weighted by molar-refractivity contribution is 8.03. The van der Waals surface area contributed by atoms with Gasteiger partial charge >= 0.3 is 0 Å². The number of hydrogen-bond acceptors (Lipinski definition) is 5. The third-order valence-electron chi connectivity index (χ3n) is 2.85. The second kappa shape index (κ2) is 4.29. The Balaban J connectivity index is 1.96. The van der Waals surface area contributed by atoms with Gasteiger partial charge in [0.2, 0.25) is 0 Å². The maximum atomic E-state index is 12.2. The number of carbonyl (C=O) groups excluding carboxylic acids is 1. The number of pyridine rings is 1. The molecule has 0 saturated carbocycles. The number of aliphatic hydroxyl groups is 1. The van der Waals surface area contributed by atoms with Crippen LogP contribution >= 0.6 is 11.8 Å². The van der Waals surface area contributed by atoms with Crippen LogP contribution in [0, 0.1) is 6.92 Å². The van der Waals surface area contributed by atoms with Crippen LogP contribution in [0.4, 0.5) is 5.82 Å². The van der Waals surface area contributed by atoms with Crippen LogP contribution in [-0.4, -0.2) is 34.6 Å². The van der Waals surface area contributed by atoms with Crippen molar-refractivity contribution in [3.05, 3.63) is 34.6 Å². The number of aromatic nitrogens is 1. The molecule has 0 aromatic carbocycles. The molecule has 1 amide bonds. The number of amides is 1. The van der Waals surface area contributed by atoms with Gasteiger partial charge < -0.3 is 9.84 Å². The summed E-state index contributed by atoms with van der Waals surface area (Å²) in [6.07, 6.45) is 0.689. The molecule has 6 heteroatoms. The molecule has 0 aliphatic carbocycles. The van der Waals surface area contributed by atoms with E-state index in [-0.39, 0.29) is 11.7 Å². The van der Waals surface area contributed by atoms with E-state index >= 15 is 0 Å². The Morgan fingerprint density at radius 2 is 2.39 bits per heavy atom. The number of aryl methyl sites for hydroxylation is 1. The summed E-state index contributed by atoms with van der Waals surface area (Å²) in [6, 6.07) is 3.58. The van der Waals surface area contributed by atoms with E-state index in [0.29, 0.717) is 17.3 Å². The van der Waals surface area contributed by atoms with Gasteiger partial charge in [-0.2, -0.15) is 0 Å². The summed E-state index contributed by atoms with van der Waals surface area (Å²) in [5.41, 5.74) is 1.00. The van der Waals surface area contributed by atoms with Gasteiger partial charge in [-0.3, -0.25) is 9.69 Å². The Morgan fingerprint density at radius 1 is 1.56 bits per heavy atom. The Labute approximate surface area is 108 Å². The Kier molecular flexibility index (Phi) is 2.76. The van der Waals surface area contributed by atoms with Crippen molar-refractivity contribution in [2.45, 2.75) is 13.2 Å². The van der Waals surface area contributed by atoms with E-state index < -0.39 is 6.23 Å². The summed E-state index contributed by atoms with van der Waals surface area (Å²) in [5, 5.41) is 10.2.